The molecule has 2 heterocycles. The lowest BCUT2D eigenvalue weighted by molar-refractivity contribution is 0.0945. The molecule has 9 heteroatoms. The van der Waals surface area contributed by atoms with Crippen molar-refractivity contribution in [2.45, 2.75) is 37.8 Å². The number of rotatable bonds is 4. The van der Waals surface area contributed by atoms with E-state index < -0.39 is 23.5 Å². The van der Waals surface area contributed by atoms with Crippen LogP contribution in [0.15, 0.2) is 18.6 Å². The fourth-order valence-corrected chi connectivity index (χ4v) is 5.09. The SMILES string of the molecule is CN(C[C@@H]1CCCN(C)[C@H]1c1cncn1C)C(=O)NC1CCc2cc(F)c(F)c(F)c21. The van der Waals surface area contributed by atoms with Crippen LogP contribution in [0.5, 0.6) is 0 Å². The zero-order valence-electron chi connectivity index (χ0n) is 18.0. The summed E-state index contributed by atoms with van der Waals surface area (Å²) in [7, 11) is 5.75. The fourth-order valence-electron chi connectivity index (χ4n) is 5.09. The van der Waals surface area contributed by atoms with Crippen LogP contribution in [-0.2, 0) is 13.5 Å². The quantitative estimate of drug-likeness (QED) is 0.748. The molecule has 31 heavy (non-hydrogen) atoms. The summed E-state index contributed by atoms with van der Waals surface area (Å²) < 4.78 is 43.6. The van der Waals surface area contributed by atoms with Gasteiger partial charge < -0.3 is 14.8 Å². The minimum Gasteiger partial charge on any atom is -0.336 e. The largest absolute Gasteiger partial charge is 0.336 e. The number of piperidine rings is 1. The molecule has 1 aliphatic heterocycles. The summed E-state index contributed by atoms with van der Waals surface area (Å²) in [4.78, 5) is 21.0. The smallest absolute Gasteiger partial charge is 0.317 e. The number of carbonyl (C=O) groups is 1. The Hall–Kier alpha value is -2.55. The van der Waals surface area contributed by atoms with Crippen LogP contribution in [0.2, 0.25) is 0 Å². The molecule has 1 unspecified atom stereocenters. The molecule has 0 radical (unpaired) electrons. The standard InChI is InChI=1S/C22H28F3N5O/c1-28-8-4-5-14(21(28)17-10-26-12-30(17)3)11-29(2)22(31)27-16-7-6-13-9-15(23)19(24)20(25)18(13)16/h9-10,12,14,16,21H,4-8,11H2,1-3H3,(H,27,31)/t14-,16?,21+/m0/s1. The Bertz CT molecular complexity index is 978. The van der Waals surface area contributed by atoms with E-state index in [1.807, 2.05) is 17.8 Å². The van der Waals surface area contributed by atoms with E-state index in [-0.39, 0.29) is 23.6 Å². The summed E-state index contributed by atoms with van der Waals surface area (Å²) in [5, 5.41) is 2.81. The number of amides is 2. The molecule has 1 saturated heterocycles. The van der Waals surface area contributed by atoms with Crippen molar-refractivity contribution < 1.29 is 18.0 Å². The second-order valence-corrected chi connectivity index (χ2v) is 8.74. The maximum atomic E-state index is 14.3. The molecule has 3 atom stereocenters. The molecule has 1 fully saturated rings. The number of hydrogen-bond donors (Lipinski definition) is 1. The van der Waals surface area contributed by atoms with E-state index in [1.54, 1.807) is 18.3 Å². The number of nitrogens with zero attached hydrogens (tertiary/aromatic N) is 4. The lowest BCUT2D eigenvalue weighted by atomic mass is 9.87. The zero-order chi connectivity index (χ0) is 22.3. The van der Waals surface area contributed by atoms with Crippen LogP contribution in [0.25, 0.3) is 0 Å². The van der Waals surface area contributed by atoms with Crippen molar-refractivity contribution in [2.75, 3.05) is 27.2 Å². The molecule has 1 N–H and O–H groups in total. The van der Waals surface area contributed by atoms with Gasteiger partial charge in [0.25, 0.3) is 0 Å². The number of nitrogens with one attached hydrogen (secondary N) is 1. The van der Waals surface area contributed by atoms with E-state index in [9.17, 15) is 18.0 Å². The Morgan fingerprint density at radius 1 is 1.26 bits per heavy atom. The second kappa shape index (κ2) is 8.53. The third-order valence-electron chi connectivity index (χ3n) is 6.65. The van der Waals surface area contributed by atoms with Crippen LogP contribution in [0.1, 0.15) is 48.2 Å². The molecule has 0 bridgehead atoms. The van der Waals surface area contributed by atoms with Crippen LogP contribution >= 0.6 is 0 Å². The lowest BCUT2D eigenvalue weighted by Gasteiger charge is -2.40. The summed E-state index contributed by atoms with van der Waals surface area (Å²) in [6.45, 7) is 1.49. The first kappa shape index (κ1) is 21.7. The number of carbonyl (C=O) groups excluding carboxylic acids is 1. The first-order valence-electron chi connectivity index (χ1n) is 10.6. The molecule has 6 nitrogen and oxygen atoms in total. The van der Waals surface area contributed by atoms with Gasteiger partial charge in [0.15, 0.2) is 17.5 Å². The predicted octanol–water partition coefficient (Wildman–Crippen LogP) is 3.55. The average molecular weight is 435 g/mol. The van der Waals surface area contributed by atoms with Crippen molar-refractivity contribution in [1.82, 2.24) is 24.7 Å². The van der Waals surface area contributed by atoms with Crippen molar-refractivity contribution in [2.24, 2.45) is 13.0 Å². The zero-order valence-corrected chi connectivity index (χ0v) is 18.0. The van der Waals surface area contributed by atoms with Crippen LogP contribution in [-0.4, -0.2) is 52.6 Å². The molecule has 4 rings (SSSR count). The maximum absolute atomic E-state index is 14.3. The lowest BCUT2D eigenvalue weighted by Crippen LogP contribution is -2.46. The third kappa shape index (κ3) is 4.03. The number of halogens is 3. The van der Waals surface area contributed by atoms with Gasteiger partial charge in [0, 0.05) is 32.4 Å². The van der Waals surface area contributed by atoms with E-state index in [1.165, 1.54) is 0 Å². The number of benzene rings is 1. The van der Waals surface area contributed by atoms with E-state index >= 15 is 0 Å². The number of likely N-dealkylation sites (tertiary alicyclic amines) is 1. The van der Waals surface area contributed by atoms with Gasteiger partial charge in [0.2, 0.25) is 0 Å². The van der Waals surface area contributed by atoms with Gasteiger partial charge in [-0.05, 0) is 56.8 Å². The highest BCUT2D eigenvalue weighted by Gasteiger charge is 2.35. The van der Waals surface area contributed by atoms with E-state index in [2.05, 4.69) is 22.2 Å². The normalized spacial score (nSPS) is 23.6. The summed E-state index contributed by atoms with van der Waals surface area (Å²) >= 11 is 0. The second-order valence-electron chi connectivity index (χ2n) is 8.74. The number of urea groups is 1. The Morgan fingerprint density at radius 3 is 2.74 bits per heavy atom. The monoisotopic (exact) mass is 435 g/mol. The molecule has 2 amide bonds. The molecule has 2 aliphatic rings. The Balaban J connectivity index is 1.46. The molecule has 0 saturated carbocycles. The van der Waals surface area contributed by atoms with Gasteiger partial charge in [0.1, 0.15) is 0 Å². The van der Waals surface area contributed by atoms with Crippen LogP contribution in [0.4, 0.5) is 18.0 Å². The van der Waals surface area contributed by atoms with E-state index in [0.29, 0.717) is 24.9 Å². The highest BCUT2D eigenvalue weighted by molar-refractivity contribution is 5.74. The topological polar surface area (TPSA) is 53.4 Å². The predicted molar refractivity (Wildman–Crippen MR) is 110 cm³/mol. The van der Waals surface area contributed by atoms with Gasteiger partial charge >= 0.3 is 6.03 Å². The third-order valence-corrected chi connectivity index (χ3v) is 6.65. The maximum Gasteiger partial charge on any atom is 0.317 e. The van der Waals surface area contributed by atoms with Crippen molar-refractivity contribution in [3.8, 4) is 0 Å². The number of hydrogen-bond acceptors (Lipinski definition) is 3. The van der Waals surface area contributed by atoms with Gasteiger partial charge in [-0.25, -0.2) is 22.9 Å². The van der Waals surface area contributed by atoms with Crippen LogP contribution in [0, 0.1) is 23.4 Å². The van der Waals surface area contributed by atoms with Crippen LogP contribution < -0.4 is 5.32 Å². The molecular weight excluding hydrogens is 407 g/mol. The fraction of sp³-hybridized carbons (Fsp3) is 0.545. The van der Waals surface area contributed by atoms with Crippen molar-refractivity contribution in [3.63, 3.8) is 0 Å². The van der Waals surface area contributed by atoms with E-state index in [0.717, 1.165) is 31.1 Å². The highest BCUT2D eigenvalue weighted by Crippen LogP contribution is 2.37. The highest BCUT2D eigenvalue weighted by atomic mass is 19.2. The van der Waals surface area contributed by atoms with Crippen molar-refractivity contribution >= 4 is 6.03 Å². The van der Waals surface area contributed by atoms with Crippen molar-refractivity contribution in [3.05, 3.63) is 52.9 Å². The molecule has 2 aromatic rings. The van der Waals surface area contributed by atoms with E-state index in [4.69, 9.17) is 0 Å². The molecular formula is C22H28F3N5O. The first-order valence-corrected chi connectivity index (χ1v) is 10.6. The number of imidazole rings is 1. The number of aromatic nitrogens is 2. The first-order chi connectivity index (χ1) is 14.8. The van der Waals surface area contributed by atoms with Crippen molar-refractivity contribution in [1.29, 1.82) is 0 Å². The Kier molecular flexibility index (Phi) is 5.96. The van der Waals surface area contributed by atoms with Gasteiger partial charge in [-0.1, -0.05) is 0 Å². The van der Waals surface area contributed by atoms with Crippen LogP contribution in [0.3, 0.4) is 0 Å². The molecule has 0 spiro atoms. The molecule has 168 valence electrons. The van der Waals surface area contributed by atoms with Gasteiger partial charge in [-0.2, -0.15) is 0 Å². The molecule has 1 aliphatic carbocycles. The van der Waals surface area contributed by atoms with Gasteiger partial charge in [0.05, 0.1) is 24.1 Å². The summed E-state index contributed by atoms with van der Waals surface area (Å²) in [6.07, 6.45) is 6.47. The summed E-state index contributed by atoms with van der Waals surface area (Å²) in [5.41, 5.74) is 1.57. The van der Waals surface area contributed by atoms with Gasteiger partial charge in [-0.3, -0.25) is 4.90 Å². The van der Waals surface area contributed by atoms with Gasteiger partial charge in [-0.15, -0.1) is 0 Å². The minimum atomic E-state index is -1.49. The minimum absolute atomic E-state index is 0.0609. The number of aryl methyl sites for hydroxylation is 2. The number of fused-ring (bicyclic) bond motifs is 1. The average Bonchev–Trinajstić information content (AvgIpc) is 3.32. The molecule has 1 aromatic heterocycles. The Labute approximate surface area is 180 Å². The summed E-state index contributed by atoms with van der Waals surface area (Å²) in [6, 6.07) is 0.152. The summed E-state index contributed by atoms with van der Waals surface area (Å²) in [5.74, 6) is -3.67. The Morgan fingerprint density at radius 2 is 2.03 bits per heavy atom. The molecule has 1 aromatic carbocycles.